The number of carbonyl (C=O) groups excluding carboxylic acids is 3. The van der Waals surface area contributed by atoms with Gasteiger partial charge in [-0.2, -0.15) is 0 Å². The van der Waals surface area contributed by atoms with Gasteiger partial charge < -0.3 is 4.74 Å². The highest BCUT2D eigenvalue weighted by Crippen LogP contribution is 2.23. The Morgan fingerprint density at radius 3 is 2.33 bits per heavy atom. The Bertz CT molecular complexity index is 1020. The summed E-state index contributed by atoms with van der Waals surface area (Å²) in [7, 11) is 1.58. The summed E-state index contributed by atoms with van der Waals surface area (Å²) in [5, 5.41) is 0. The number of aromatic nitrogens is 2. The molecule has 0 unspecified atom stereocenters. The van der Waals surface area contributed by atoms with Crippen LogP contribution in [0.1, 0.15) is 47.2 Å². The molecule has 0 radical (unpaired) electrons. The van der Waals surface area contributed by atoms with E-state index in [2.05, 4.69) is 4.98 Å². The quantitative estimate of drug-likeness (QED) is 0.396. The van der Waals surface area contributed by atoms with E-state index in [1.807, 2.05) is 32.0 Å². The maximum absolute atomic E-state index is 13.3. The predicted molar refractivity (Wildman–Crippen MR) is 112 cm³/mol. The van der Waals surface area contributed by atoms with Gasteiger partial charge in [0.2, 0.25) is 0 Å². The lowest BCUT2D eigenvalue weighted by Crippen LogP contribution is -2.39. The second-order valence-corrected chi connectivity index (χ2v) is 7.76. The maximum atomic E-state index is 13.3. The average Bonchev–Trinajstić information content (AvgIpc) is 2.68. The molecule has 0 spiro atoms. The molecule has 0 saturated heterocycles. The number of ketones is 3. The Balaban J connectivity index is 2.09. The van der Waals surface area contributed by atoms with Gasteiger partial charge >= 0.3 is 0 Å². The summed E-state index contributed by atoms with van der Waals surface area (Å²) in [5.41, 5.74) is 2.08. The van der Waals surface area contributed by atoms with Gasteiger partial charge in [-0.05, 0) is 38.8 Å². The van der Waals surface area contributed by atoms with Gasteiger partial charge in [0, 0.05) is 44.9 Å². The third-order valence-corrected chi connectivity index (χ3v) is 5.28. The highest BCUT2D eigenvalue weighted by Gasteiger charge is 2.38. The molecule has 7 heteroatoms. The minimum absolute atomic E-state index is 0.179. The van der Waals surface area contributed by atoms with Gasteiger partial charge in [0.1, 0.15) is 17.3 Å². The van der Waals surface area contributed by atoms with Crippen molar-refractivity contribution in [1.29, 1.82) is 0 Å². The molecule has 0 atom stereocenters. The van der Waals surface area contributed by atoms with Crippen LogP contribution in [0.4, 0.5) is 0 Å². The van der Waals surface area contributed by atoms with Crippen LogP contribution in [0.2, 0.25) is 0 Å². The summed E-state index contributed by atoms with van der Waals surface area (Å²) in [4.78, 5) is 55.0. The van der Waals surface area contributed by atoms with Crippen LogP contribution in [0.3, 0.4) is 0 Å². The van der Waals surface area contributed by atoms with Gasteiger partial charge in [0.25, 0.3) is 5.56 Å². The molecular formula is C23H26N2O5. The zero-order chi connectivity index (χ0) is 21.8. The molecule has 0 amide bonds. The number of hydrogen-bond acceptors (Lipinski definition) is 6. The van der Waals surface area contributed by atoms with Crippen LogP contribution in [0, 0.1) is 19.8 Å². The number of benzene rings is 1. The fourth-order valence-corrected chi connectivity index (χ4v) is 3.92. The number of aryl methyl sites for hydroxylation is 2. The van der Waals surface area contributed by atoms with Gasteiger partial charge in [-0.15, -0.1) is 0 Å². The fraction of sp³-hybridized carbons (Fsp3) is 0.435. The lowest BCUT2D eigenvalue weighted by molar-refractivity contribution is -0.133. The average molecular weight is 410 g/mol. The van der Waals surface area contributed by atoms with Crippen molar-refractivity contribution in [3.8, 4) is 11.4 Å². The first-order valence-corrected chi connectivity index (χ1v) is 10.1. The molecule has 2 aromatic rings. The Morgan fingerprint density at radius 1 is 1.10 bits per heavy atom. The molecule has 0 bridgehead atoms. The molecule has 0 aliphatic heterocycles. The SMILES string of the molecule is COCCCn1c(-c2cc(C)cc(C)c2)ncc(C(=O)C2C(=O)CCCC2=O)c1=O. The molecule has 0 N–H and O–H groups in total. The Kier molecular flexibility index (Phi) is 6.72. The molecule has 30 heavy (non-hydrogen) atoms. The van der Waals surface area contributed by atoms with E-state index in [4.69, 9.17) is 4.74 Å². The lowest BCUT2D eigenvalue weighted by atomic mass is 9.82. The van der Waals surface area contributed by atoms with Crippen molar-refractivity contribution in [3.63, 3.8) is 0 Å². The van der Waals surface area contributed by atoms with Crippen molar-refractivity contribution in [2.24, 2.45) is 5.92 Å². The smallest absolute Gasteiger partial charge is 0.264 e. The van der Waals surface area contributed by atoms with E-state index in [-0.39, 0.29) is 18.4 Å². The van der Waals surface area contributed by atoms with Crippen molar-refractivity contribution in [1.82, 2.24) is 9.55 Å². The number of methoxy groups -OCH3 is 1. The van der Waals surface area contributed by atoms with Crippen molar-refractivity contribution < 1.29 is 19.1 Å². The summed E-state index contributed by atoms with van der Waals surface area (Å²) < 4.78 is 6.54. The molecule has 1 aliphatic rings. The number of carbonyl (C=O) groups is 3. The second kappa shape index (κ2) is 9.26. The van der Waals surface area contributed by atoms with Gasteiger partial charge in [0.15, 0.2) is 17.3 Å². The number of hydrogen-bond donors (Lipinski definition) is 0. The van der Waals surface area contributed by atoms with E-state index in [0.717, 1.165) is 16.7 Å². The molecule has 3 rings (SSSR count). The van der Waals surface area contributed by atoms with Crippen LogP contribution in [-0.4, -0.2) is 40.6 Å². The molecule has 1 heterocycles. The normalized spacial score (nSPS) is 14.9. The molecule has 1 saturated carbocycles. The Labute approximate surface area is 175 Å². The van der Waals surface area contributed by atoms with Gasteiger partial charge in [-0.3, -0.25) is 23.7 Å². The fourth-order valence-electron chi connectivity index (χ4n) is 3.92. The Hall–Kier alpha value is -2.93. The van der Waals surface area contributed by atoms with Crippen molar-refractivity contribution in [3.05, 3.63) is 51.4 Å². The van der Waals surface area contributed by atoms with Crippen LogP contribution >= 0.6 is 0 Å². The summed E-state index contributed by atoms with van der Waals surface area (Å²) in [6.07, 6.45) is 2.57. The number of rotatable bonds is 7. The highest BCUT2D eigenvalue weighted by molar-refractivity contribution is 6.24. The van der Waals surface area contributed by atoms with Crippen molar-refractivity contribution >= 4 is 17.3 Å². The molecule has 158 valence electrons. The van der Waals surface area contributed by atoms with Crippen molar-refractivity contribution in [2.75, 3.05) is 13.7 Å². The molecule has 7 nitrogen and oxygen atoms in total. The topological polar surface area (TPSA) is 95.3 Å². The van der Waals surface area contributed by atoms with Gasteiger partial charge in [-0.25, -0.2) is 4.98 Å². The van der Waals surface area contributed by atoms with Crippen LogP contribution in [-0.2, 0) is 20.9 Å². The molecule has 1 aromatic carbocycles. The number of Topliss-reactive ketones (excluding diaryl/α,β-unsaturated/α-hetero) is 3. The second-order valence-electron chi connectivity index (χ2n) is 7.76. The first-order chi connectivity index (χ1) is 14.3. The Morgan fingerprint density at radius 2 is 1.73 bits per heavy atom. The highest BCUT2D eigenvalue weighted by atomic mass is 16.5. The minimum Gasteiger partial charge on any atom is -0.385 e. The van der Waals surface area contributed by atoms with Crippen LogP contribution in [0.5, 0.6) is 0 Å². The van der Waals surface area contributed by atoms with E-state index in [1.165, 1.54) is 10.8 Å². The largest absolute Gasteiger partial charge is 0.385 e. The standard InChI is InChI=1S/C23H26N2O5/c1-14-10-15(2)12-16(11-14)22-24-13-17(23(29)25(22)8-5-9-30-3)21(28)20-18(26)6-4-7-19(20)27/h10-13,20H,4-9H2,1-3H3. The van der Waals surface area contributed by atoms with Crippen LogP contribution < -0.4 is 5.56 Å². The summed E-state index contributed by atoms with van der Waals surface area (Å²) >= 11 is 0. The number of ether oxygens (including phenoxy) is 1. The predicted octanol–water partition coefficient (Wildman–Crippen LogP) is 2.68. The van der Waals surface area contributed by atoms with E-state index >= 15 is 0 Å². The van der Waals surface area contributed by atoms with E-state index < -0.39 is 28.8 Å². The minimum atomic E-state index is -1.38. The van der Waals surface area contributed by atoms with E-state index in [9.17, 15) is 19.2 Å². The third-order valence-electron chi connectivity index (χ3n) is 5.28. The third kappa shape index (κ3) is 4.46. The van der Waals surface area contributed by atoms with E-state index in [1.54, 1.807) is 7.11 Å². The molecule has 1 fully saturated rings. The first kappa shape index (κ1) is 21.8. The molecule has 1 aliphatic carbocycles. The molecular weight excluding hydrogens is 384 g/mol. The summed E-state index contributed by atoms with van der Waals surface area (Å²) in [5.74, 6) is -2.51. The van der Waals surface area contributed by atoms with Crippen LogP contribution in [0.25, 0.3) is 11.4 Å². The zero-order valence-electron chi connectivity index (χ0n) is 17.6. The van der Waals surface area contributed by atoms with Gasteiger partial charge in [0.05, 0.1) is 0 Å². The molecule has 1 aromatic heterocycles. The van der Waals surface area contributed by atoms with Crippen LogP contribution in [0.15, 0.2) is 29.2 Å². The summed E-state index contributed by atoms with van der Waals surface area (Å²) in [6.45, 7) is 4.66. The zero-order valence-corrected chi connectivity index (χ0v) is 17.6. The maximum Gasteiger partial charge on any atom is 0.264 e. The first-order valence-electron chi connectivity index (χ1n) is 10.1. The van der Waals surface area contributed by atoms with E-state index in [0.29, 0.717) is 31.8 Å². The van der Waals surface area contributed by atoms with Gasteiger partial charge in [-0.1, -0.05) is 17.2 Å². The monoisotopic (exact) mass is 410 g/mol. The lowest BCUT2D eigenvalue weighted by Gasteiger charge is -2.19. The summed E-state index contributed by atoms with van der Waals surface area (Å²) in [6, 6.07) is 5.88. The number of nitrogens with zero attached hydrogens (tertiary/aromatic N) is 2. The van der Waals surface area contributed by atoms with Crippen molar-refractivity contribution in [2.45, 2.75) is 46.1 Å².